The molecule has 0 bridgehead atoms. The highest BCUT2D eigenvalue weighted by Crippen LogP contribution is 2.31. The van der Waals surface area contributed by atoms with Crippen LogP contribution >= 0.6 is 0 Å². The van der Waals surface area contributed by atoms with Crippen LogP contribution in [0.15, 0.2) is 57.7 Å². The van der Waals surface area contributed by atoms with Gasteiger partial charge in [0, 0.05) is 17.0 Å². The van der Waals surface area contributed by atoms with Gasteiger partial charge in [0.2, 0.25) is 0 Å². The molecule has 1 aromatic heterocycles. The van der Waals surface area contributed by atoms with Crippen LogP contribution in [0.2, 0.25) is 0 Å². The summed E-state index contributed by atoms with van der Waals surface area (Å²) in [6, 6.07) is 15.6. The first-order valence-corrected chi connectivity index (χ1v) is 5.96. The Hall–Kier alpha value is -3.06. The molecule has 2 aromatic carbocycles. The third kappa shape index (κ3) is 1.82. The fourth-order valence-electron chi connectivity index (χ4n) is 2.20. The van der Waals surface area contributed by atoms with Crippen molar-refractivity contribution in [3.05, 3.63) is 64.5 Å². The third-order valence-corrected chi connectivity index (χ3v) is 3.07. The van der Waals surface area contributed by atoms with Gasteiger partial charge in [0.1, 0.15) is 23.0 Å². The van der Waals surface area contributed by atoms with E-state index in [2.05, 4.69) is 0 Å². The Balaban J connectivity index is 2.51. The molecule has 20 heavy (non-hydrogen) atoms. The van der Waals surface area contributed by atoms with Crippen molar-refractivity contribution in [2.75, 3.05) is 0 Å². The van der Waals surface area contributed by atoms with Crippen LogP contribution in [0.3, 0.4) is 0 Å². The second-order valence-electron chi connectivity index (χ2n) is 4.30. The number of phenols is 1. The van der Waals surface area contributed by atoms with Crippen LogP contribution in [0.5, 0.6) is 5.75 Å². The first-order chi connectivity index (χ1) is 9.70. The van der Waals surface area contributed by atoms with E-state index in [9.17, 15) is 15.2 Å². The lowest BCUT2D eigenvalue weighted by Gasteiger charge is -2.07. The maximum atomic E-state index is 11.9. The van der Waals surface area contributed by atoms with E-state index in [1.54, 1.807) is 6.07 Å². The highest BCUT2D eigenvalue weighted by Gasteiger charge is 2.16. The van der Waals surface area contributed by atoms with E-state index in [4.69, 9.17) is 4.42 Å². The van der Waals surface area contributed by atoms with Crippen LogP contribution in [-0.2, 0) is 0 Å². The molecule has 0 aliphatic carbocycles. The number of benzene rings is 2. The van der Waals surface area contributed by atoms with Crippen molar-refractivity contribution < 1.29 is 9.52 Å². The quantitative estimate of drug-likeness (QED) is 0.685. The molecule has 0 fully saturated rings. The number of aromatic hydroxyl groups is 1. The van der Waals surface area contributed by atoms with Crippen LogP contribution in [-0.4, -0.2) is 5.11 Å². The lowest BCUT2D eigenvalue weighted by molar-refractivity contribution is 0.473. The summed E-state index contributed by atoms with van der Waals surface area (Å²) >= 11 is 0. The van der Waals surface area contributed by atoms with Gasteiger partial charge in [-0.1, -0.05) is 30.3 Å². The molecule has 0 unspecified atom stereocenters. The number of phenolic OH excluding ortho intramolecular Hbond substituents is 1. The van der Waals surface area contributed by atoms with Crippen molar-refractivity contribution in [2.24, 2.45) is 0 Å². The number of hydrogen-bond acceptors (Lipinski definition) is 4. The lowest BCUT2D eigenvalue weighted by atomic mass is 9.97. The molecule has 1 N–H and O–H groups in total. The largest absolute Gasteiger partial charge is 0.508 e. The highest BCUT2D eigenvalue weighted by molar-refractivity contribution is 5.96. The monoisotopic (exact) mass is 263 g/mol. The van der Waals surface area contributed by atoms with E-state index in [1.807, 2.05) is 36.4 Å². The molecule has 0 saturated carbocycles. The smallest absolute Gasteiger partial charge is 0.354 e. The summed E-state index contributed by atoms with van der Waals surface area (Å²) in [4.78, 5) is 11.9. The minimum atomic E-state index is -0.704. The maximum Gasteiger partial charge on any atom is 0.354 e. The average Bonchev–Trinajstić information content (AvgIpc) is 2.46. The molecule has 0 atom stereocenters. The Labute approximate surface area is 114 Å². The van der Waals surface area contributed by atoms with Gasteiger partial charge in [-0.2, -0.15) is 5.26 Å². The Kier molecular flexibility index (Phi) is 2.73. The molecule has 96 valence electrons. The first-order valence-electron chi connectivity index (χ1n) is 5.96. The SMILES string of the molecule is N#Cc1c(-c2ccccc2)c2ccc(O)cc2oc1=O. The Morgan fingerprint density at radius 2 is 1.85 bits per heavy atom. The minimum absolute atomic E-state index is 0.00405. The lowest BCUT2D eigenvalue weighted by Crippen LogP contribution is -2.06. The predicted octanol–water partition coefficient (Wildman–Crippen LogP) is 3.04. The van der Waals surface area contributed by atoms with Crippen LogP contribution in [0, 0.1) is 11.3 Å². The van der Waals surface area contributed by atoms with Crippen molar-refractivity contribution in [3.63, 3.8) is 0 Å². The zero-order valence-electron chi connectivity index (χ0n) is 10.3. The molecule has 0 aliphatic heterocycles. The molecule has 4 nitrogen and oxygen atoms in total. The van der Waals surface area contributed by atoms with Gasteiger partial charge in [0.15, 0.2) is 0 Å². The molecule has 3 rings (SSSR count). The van der Waals surface area contributed by atoms with Crippen molar-refractivity contribution in [3.8, 4) is 22.9 Å². The fourth-order valence-corrected chi connectivity index (χ4v) is 2.20. The summed E-state index contributed by atoms with van der Waals surface area (Å²) < 4.78 is 5.09. The summed E-state index contributed by atoms with van der Waals surface area (Å²) in [6.07, 6.45) is 0. The van der Waals surface area contributed by atoms with Gasteiger partial charge in [-0.3, -0.25) is 0 Å². The van der Waals surface area contributed by atoms with Crippen molar-refractivity contribution in [1.82, 2.24) is 0 Å². The van der Waals surface area contributed by atoms with E-state index in [1.165, 1.54) is 12.1 Å². The van der Waals surface area contributed by atoms with Crippen LogP contribution < -0.4 is 5.63 Å². The van der Waals surface area contributed by atoms with E-state index < -0.39 is 5.63 Å². The van der Waals surface area contributed by atoms with Crippen LogP contribution in [0.4, 0.5) is 0 Å². The average molecular weight is 263 g/mol. The normalized spacial score (nSPS) is 10.3. The molecule has 0 amide bonds. The molecule has 1 heterocycles. The molecular formula is C16H9NO3. The molecule has 0 aliphatic rings. The zero-order chi connectivity index (χ0) is 14.1. The molecule has 3 aromatic rings. The number of nitriles is 1. The molecule has 0 radical (unpaired) electrons. The van der Waals surface area contributed by atoms with Crippen LogP contribution in [0.1, 0.15) is 5.56 Å². The third-order valence-electron chi connectivity index (χ3n) is 3.07. The highest BCUT2D eigenvalue weighted by atomic mass is 16.4. The first kappa shape index (κ1) is 12.0. The van der Waals surface area contributed by atoms with Gasteiger partial charge in [-0.05, 0) is 17.7 Å². The second kappa shape index (κ2) is 4.56. The summed E-state index contributed by atoms with van der Waals surface area (Å²) in [5, 5.41) is 19.3. The zero-order valence-corrected chi connectivity index (χ0v) is 10.3. The summed E-state index contributed by atoms with van der Waals surface area (Å²) in [5.41, 5.74) is 0.804. The van der Waals surface area contributed by atoms with Crippen molar-refractivity contribution >= 4 is 11.0 Å². The molecule has 0 spiro atoms. The van der Waals surface area contributed by atoms with E-state index in [0.717, 1.165) is 5.56 Å². The van der Waals surface area contributed by atoms with Gasteiger partial charge < -0.3 is 9.52 Å². The minimum Gasteiger partial charge on any atom is -0.508 e. The summed E-state index contributed by atoms with van der Waals surface area (Å²) in [7, 11) is 0. The van der Waals surface area contributed by atoms with E-state index in [-0.39, 0.29) is 16.9 Å². The topological polar surface area (TPSA) is 74.2 Å². The number of nitrogens with zero attached hydrogens (tertiary/aromatic N) is 1. The number of rotatable bonds is 1. The number of hydrogen-bond donors (Lipinski definition) is 1. The molecule has 4 heteroatoms. The summed E-state index contributed by atoms with van der Waals surface area (Å²) in [5.74, 6) is 0.00405. The maximum absolute atomic E-state index is 11.9. The predicted molar refractivity (Wildman–Crippen MR) is 74.3 cm³/mol. The van der Waals surface area contributed by atoms with Gasteiger partial charge in [0.05, 0.1) is 0 Å². The molecule has 0 saturated heterocycles. The van der Waals surface area contributed by atoms with Crippen molar-refractivity contribution in [1.29, 1.82) is 5.26 Å². The van der Waals surface area contributed by atoms with Gasteiger partial charge in [-0.25, -0.2) is 4.79 Å². The van der Waals surface area contributed by atoms with E-state index >= 15 is 0 Å². The second-order valence-corrected chi connectivity index (χ2v) is 4.30. The van der Waals surface area contributed by atoms with Gasteiger partial charge in [-0.15, -0.1) is 0 Å². The standard InChI is InChI=1S/C16H9NO3/c17-9-13-15(10-4-2-1-3-5-10)12-7-6-11(18)8-14(12)20-16(13)19/h1-8,18H. The fraction of sp³-hybridized carbons (Fsp3) is 0. The van der Waals surface area contributed by atoms with Gasteiger partial charge in [0.25, 0.3) is 0 Å². The Morgan fingerprint density at radius 3 is 2.55 bits per heavy atom. The van der Waals surface area contributed by atoms with Gasteiger partial charge >= 0.3 is 5.63 Å². The summed E-state index contributed by atoms with van der Waals surface area (Å²) in [6.45, 7) is 0. The van der Waals surface area contributed by atoms with Crippen LogP contribution in [0.25, 0.3) is 22.1 Å². The Bertz CT molecular complexity index is 889. The number of fused-ring (bicyclic) bond motifs is 1. The Morgan fingerprint density at radius 1 is 1.10 bits per heavy atom. The van der Waals surface area contributed by atoms with E-state index in [0.29, 0.717) is 10.9 Å². The van der Waals surface area contributed by atoms with Crippen molar-refractivity contribution in [2.45, 2.75) is 0 Å². The molecular weight excluding hydrogens is 254 g/mol.